The third-order valence-corrected chi connectivity index (χ3v) is 4.71. The Morgan fingerprint density at radius 3 is 2.16 bits per heavy atom. The van der Waals surface area contributed by atoms with E-state index in [2.05, 4.69) is 5.32 Å². The highest BCUT2D eigenvalue weighted by Gasteiger charge is 2.42. The normalized spacial score (nSPS) is 25.5. The van der Waals surface area contributed by atoms with Gasteiger partial charge in [-0.05, 0) is 32.6 Å². The summed E-state index contributed by atoms with van der Waals surface area (Å²) in [7, 11) is 0. The molecule has 0 aliphatic carbocycles. The van der Waals surface area contributed by atoms with E-state index in [1.54, 1.807) is 0 Å². The molecule has 4 amide bonds. The first-order valence-electron chi connectivity index (χ1n) is 8.31. The van der Waals surface area contributed by atoms with Crippen LogP contribution in [0.5, 0.6) is 0 Å². The van der Waals surface area contributed by atoms with Crippen molar-refractivity contribution in [2.45, 2.75) is 56.8 Å². The summed E-state index contributed by atoms with van der Waals surface area (Å²) < 4.78 is 0. The molecule has 10 nitrogen and oxygen atoms in total. The van der Waals surface area contributed by atoms with Gasteiger partial charge in [-0.2, -0.15) is 0 Å². The zero-order valence-corrected chi connectivity index (χ0v) is 14.1. The quantitative estimate of drug-likeness (QED) is 0.469. The molecule has 0 aromatic heterocycles. The van der Waals surface area contributed by atoms with E-state index in [0.29, 0.717) is 38.8 Å². The predicted octanol–water partition coefficient (Wildman–Crippen LogP) is -1.53. The molecule has 2 heterocycles. The van der Waals surface area contributed by atoms with Crippen molar-refractivity contribution in [3.05, 3.63) is 0 Å². The number of likely N-dealkylation sites (tertiary alicyclic amines) is 2. The summed E-state index contributed by atoms with van der Waals surface area (Å²) in [6.45, 7) is 1.97. The summed E-state index contributed by atoms with van der Waals surface area (Å²) in [5, 5.41) is 21.1. The lowest BCUT2D eigenvalue weighted by Gasteiger charge is -2.30. The van der Waals surface area contributed by atoms with Gasteiger partial charge in [0, 0.05) is 13.1 Å². The number of carboxylic acid groups (broad SMARTS) is 1. The number of aliphatic hydroxyl groups is 1. The van der Waals surface area contributed by atoms with E-state index in [1.165, 1.54) is 11.8 Å². The maximum absolute atomic E-state index is 12.7. The Morgan fingerprint density at radius 2 is 1.64 bits per heavy atom. The summed E-state index contributed by atoms with van der Waals surface area (Å²) in [4.78, 5) is 50.2. The predicted molar refractivity (Wildman–Crippen MR) is 85.3 cm³/mol. The number of nitrogens with zero attached hydrogens (tertiary/aromatic N) is 2. The summed E-state index contributed by atoms with van der Waals surface area (Å²) in [6, 6.07) is -2.83. The highest BCUT2D eigenvalue weighted by molar-refractivity contribution is 5.94. The molecular weight excluding hydrogens is 332 g/mol. The number of primary amides is 1. The molecule has 0 unspecified atom stereocenters. The van der Waals surface area contributed by atoms with Crippen LogP contribution in [-0.4, -0.2) is 81.1 Å². The maximum atomic E-state index is 12.7. The first-order chi connectivity index (χ1) is 11.7. The van der Waals surface area contributed by atoms with Crippen molar-refractivity contribution < 1.29 is 29.4 Å². The van der Waals surface area contributed by atoms with E-state index < -0.39 is 48.0 Å². The molecule has 0 aromatic rings. The summed E-state index contributed by atoms with van der Waals surface area (Å²) in [5.74, 6) is -1.84. The minimum absolute atomic E-state index is 0.294. The first kappa shape index (κ1) is 19.0. The van der Waals surface area contributed by atoms with Gasteiger partial charge in [-0.25, -0.2) is 4.79 Å². The maximum Gasteiger partial charge on any atom is 0.407 e. The molecule has 0 bridgehead atoms. The molecule has 2 saturated heterocycles. The molecule has 10 heteroatoms. The van der Waals surface area contributed by atoms with Gasteiger partial charge in [0.2, 0.25) is 17.7 Å². The van der Waals surface area contributed by atoms with Gasteiger partial charge in [-0.15, -0.1) is 0 Å². The van der Waals surface area contributed by atoms with E-state index in [4.69, 9.17) is 5.73 Å². The number of amides is 4. The molecular formula is C15H24N4O6. The zero-order chi connectivity index (χ0) is 18.7. The minimum atomic E-state index is -1.24. The van der Waals surface area contributed by atoms with E-state index in [9.17, 15) is 29.4 Å². The molecule has 2 fully saturated rings. The van der Waals surface area contributed by atoms with Crippen LogP contribution in [0.25, 0.3) is 0 Å². The van der Waals surface area contributed by atoms with Crippen LogP contribution in [0.1, 0.15) is 32.6 Å². The second kappa shape index (κ2) is 7.68. The Labute approximate surface area is 144 Å². The number of rotatable bonds is 5. The highest BCUT2D eigenvalue weighted by Crippen LogP contribution is 2.25. The van der Waals surface area contributed by atoms with Crippen molar-refractivity contribution in [3.8, 4) is 0 Å². The molecule has 2 aliphatic heterocycles. The Morgan fingerprint density at radius 1 is 1.08 bits per heavy atom. The molecule has 140 valence electrons. The third kappa shape index (κ3) is 4.01. The molecule has 0 radical (unpaired) electrons. The molecule has 2 rings (SSSR count). The number of aliphatic hydroxyl groups excluding tert-OH is 1. The Kier molecular flexibility index (Phi) is 5.83. The fourth-order valence-electron chi connectivity index (χ4n) is 3.43. The van der Waals surface area contributed by atoms with Crippen LogP contribution in [0.15, 0.2) is 0 Å². The number of hydrogen-bond donors (Lipinski definition) is 4. The van der Waals surface area contributed by atoms with Gasteiger partial charge < -0.3 is 26.2 Å². The molecule has 4 atom stereocenters. The van der Waals surface area contributed by atoms with Gasteiger partial charge in [-0.1, -0.05) is 0 Å². The average Bonchev–Trinajstić information content (AvgIpc) is 3.19. The largest absolute Gasteiger partial charge is 0.465 e. The number of hydrogen-bond acceptors (Lipinski definition) is 5. The summed E-state index contributed by atoms with van der Waals surface area (Å²) in [6.07, 6.45) is -0.294. The van der Waals surface area contributed by atoms with Crippen LogP contribution in [0.2, 0.25) is 0 Å². The van der Waals surface area contributed by atoms with Crippen LogP contribution in [0, 0.1) is 0 Å². The summed E-state index contributed by atoms with van der Waals surface area (Å²) >= 11 is 0. The van der Waals surface area contributed by atoms with Gasteiger partial charge in [0.15, 0.2) is 0 Å². The lowest BCUT2D eigenvalue weighted by Crippen LogP contribution is -2.57. The Hall–Kier alpha value is -2.36. The molecule has 0 aromatic carbocycles. The molecule has 2 aliphatic rings. The van der Waals surface area contributed by atoms with Gasteiger partial charge in [0.1, 0.15) is 18.1 Å². The number of carbonyl (C=O) groups excluding carboxylic acids is 3. The SMILES string of the molecule is C[C@@H](O)[C@H](NC(=O)[C@H]1CCCN1C(=O)[C@H]1CCCN1C(=O)O)C(N)=O. The lowest BCUT2D eigenvalue weighted by molar-refractivity contribution is -0.142. The average molecular weight is 356 g/mol. The second-order valence-electron chi connectivity index (χ2n) is 6.45. The third-order valence-electron chi connectivity index (χ3n) is 4.71. The first-order valence-corrected chi connectivity index (χ1v) is 8.31. The van der Waals surface area contributed by atoms with Crippen LogP contribution < -0.4 is 11.1 Å². The van der Waals surface area contributed by atoms with Crippen molar-refractivity contribution in [2.75, 3.05) is 13.1 Å². The molecule has 0 saturated carbocycles. The van der Waals surface area contributed by atoms with Crippen molar-refractivity contribution in [2.24, 2.45) is 5.73 Å². The van der Waals surface area contributed by atoms with Crippen molar-refractivity contribution >= 4 is 23.8 Å². The van der Waals surface area contributed by atoms with E-state index in [-0.39, 0.29) is 0 Å². The molecule has 5 N–H and O–H groups in total. The van der Waals surface area contributed by atoms with Crippen molar-refractivity contribution in [1.29, 1.82) is 0 Å². The number of nitrogens with one attached hydrogen (secondary N) is 1. The van der Waals surface area contributed by atoms with Crippen LogP contribution in [0.4, 0.5) is 4.79 Å². The summed E-state index contributed by atoms with van der Waals surface area (Å²) in [5.41, 5.74) is 5.16. The molecule has 25 heavy (non-hydrogen) atoms. The standard InChI is InChI=1S/C15H24N4O6/c1-8(20)11(12(16)21)17-13(22)9-4-2-6-18(9)14(23)10-5-3-7-19(10)15(24)25/h8-11,20H,2-7H2,1H3,(H2,16,21)(H,17,22)(H,24,25)/t8-,9-,10-,11+/m1/s1. The molecule has 0 spiro atoms. The minimum Gasteiger partial charge on any atom is -0.465 e. The topological polar surface area (TPSA) is 153 Å². The number of nitrogens with two attached hydrogens (primary N) is 1. The monoisotopic (exact) mass is 356 g/mol. The van der Waals surface area contributed by atoms with Gasteiger partial charge >= 0.3 is 6.09 Å². The smallest absolute Gasteiger partial charge is 0.407 e. The van der Waals surface area contributed by atoms with Crippen molar-refractivity contribution in [3.63, 3.8) is 0 Å². The van der Waals surface area contributed by atoms with Crippen LogP contribution >= 0.6 is 0 Å². The number of carbonyl (C=O) groups is 4. The van der Waals surface area contributed by atoms with Crippen molar-refractivity contribution in [1.82, 2.24) is 15.1 Å². The van der Waals surface area contributed by atoms with Gasteiger partial charge in [-0.3, -0.25) is 19.3 Å². The van der Waals surface area contributed by atoms with Gasteiger partial charge in [0.25, 0.3) is 0 Å². The Bertz CT molecular complexity index is 566. The van der Waals surface area contributed by atoms with Gasteiger partial charge in [0.05, 0.1) is 6.10 Å². The Balaban J connectivity index is 2.08. The van der Waals surface area contributed by atoms with E-state index in [0.717, 1.165) is 4.90 Å². The fourth-order valence-corrected chi connectivity index (χ4v) is 3.43. The second-order valence-corrected chi connectivity index (χ2v) is 6.45. The fraction of sp³-hybridized carbons (Fsp3) is 0.733. The zero-order valence-electron chi connectivity index (χ0n) is 14.1. The van der Waals surface area contributed by atoms with E-state index in [1.807, 2.05) is 0 Å². The highest BCUT2D eigenvalue weighted by atomic mass is 16.4. The van der Waals surface area contributed by atoms with Crippen LogP contribution in [-0.2, 0) is 14.4 Å². The lowest BCUT2D eigenvalue weighted by atomic mass is 10.1. The van der Waals surface area contributed by atoms with E-state index >= 15 is 0 Å². The van der Waals surface area contributed by atoms with Crippen LogP contribution in [0.3, 0.4) is 0 Å².